The molecule has 16 heavy (non-hydrogen) atoms. The van der Waals surface area contributed by atoms with E-state index in [-0.39, 0.29) is 41.7 Å². The molecular formula is C12H16O4. The first-order valence-corrected chi connectivity index (χ1v) is 6.02. The molecule has 0 amide bonds. The van der Waals surface area contributed by atoms with Gasteiger partial charge in [-0.05, 0) is 25.2 Å². The molecule has 1 aliphatic heterocycles. The van der Waals surface area contributed by atoms with Gasteiger partial charge in [-0.3, -0.25) is 9.59 Å². The van der Waals surface area contributed by atoms with E-state index in [1.54, 1.807) is 6.92 Å². The Morgan fingerprint density at radius 3 is 2.94 bits per heavy atom. The van der Waals surface area contributed by atoms with Crippen LogP contribution in [0.2, 0.25) is 0 Å². The van der Waals surface area contributed by atoms with E-state index in [1.807, 2.05) is 0 Å². The van der Waals surface area contributed by atoms with Crippen LogP contribution in [0.25, 0.3) is 0 Å². The van der Waals surface area contributed by atoms with Crippen LogP contribution in [0, 0.1) is 29.6 Å². The molecule has 1 heterocycles. The molecule has 2 saturated carbocycles. The zero-order valence-corrected chi connectivity index (χ0v) is 9.51. The molecule has 0 aromatic rings. The molecule has 1 saturated heterocycles. The van der Waals surface area contributed by atoms with E-state index >= 15 is 0 Å². The first-order chi connectivity index (χ1) is 7.65. The molecule has 4 heteroatoms. The highest BCUT2D eigenvalue weighted by atomic mass is 16.6. The van der Waals surface area contributed by atoms with Gasteiger partial charge in [-0.15, -0.1) is 0 Å². The molecule has 88 valence electrons. The maximum atomic E-state index is 11.9. The number of ether oxygens (including phenoxy) is 2. The number of hydrogen-bond acceptors (Lipinski definition) is 4. The molecule has 3 aliphatic rings. The monoisotopic (exact) mass is 224 g/mol. The smallest absolute Gasteiger partial charge is 0.310 e. The molecular weight excluding hydrogens is 208 g/mol. The Morgan fingerprint density at radius 2 is 2.25 bits per heavy atom. The summed E-state index contributed by atoms with van der Waals surface area (Å²) in [4.78, 5) is 23.6. The molecule has 0 N–H and O–H groups in total. The van der Waals surface area contributed by atoms with Crippen molar-refractivity contribution in [3.63, 3.8) is 0 Å². The van der Waals surface area contributed by atoms with Crippen LogP contribution in [-0.4, -0.2) is 24.6 Å². The Morgan fingerprint density at radius 1 is 1.50 bits per heavy atom. The Labute approximate surface area is 94.3 Å². The van der Waals surface area contributed by atoms with E-state index in [1.165, 1.54) is 0 Å². The van der Waals surface area contributed by atoms with E-state index in [0.717, 1.165) is 6.42 Å². The van der Waals surface area contributed by atoms with Gasteiger partial charge in [-0.25, -0.2) is 0 Å². The van der Waals surface area contributed by atoms with Crippen molar-refractivity contribution in [1.29, 1.82) is 0 Å². The fourth-order valence-electron chi connectivity index (χ4n) is 3.94. The number of hydrogen-bond donors (Lipinski definition) is 0. The quantitative estimate of drug-likeness (QED) is 0.656. The first-order valence-electron chi connectivity index (χ1n) is 6.02. The average molecular weight is 224 g/mol. The van der Waals surface area contributed by atoms with Gasteiger partial charge in [-0.1, -0.05) is 6.92 Å². The van der Waals surface area contributed by atoms with Crippen LogP contribution in [0.4, 0.5) is 0 Å². The largest absolute Gasteiger partial charge is 0.466 e. The summed E-state index contributed by atoms with van der Waals surface area (Å²) in [5, 5.41) is 0. The fraction of sp³-hybridized carbons (Fsp3) is 0.833. The van der Waals surface area contributed by atoms with Gasteiger partial charge in [0.2, 0.25) is 0 Å². The number of esters is 2. The van der Waals surface area contributed by atoms with E-state index in [4.69, 9.17) is 9.47 Å². The Balaban J connectivity index is 1.90. The van der Waals surface area contributed by atoms with Gasteiger partial charge in [0.25, 0.3) is 0 Å². The highest BCUT2D eigenvalue weighted by Crippen LogP contribution is 2.60. The zero-order chi connectivity index (χ0) is 11.4. The van der Waals surface area contributed by atoms with Crippen molar-refractivity contribution >= 4 is 11.9 Å². The second-order valence-electron chi connectivity index (χ2n) is 5.13. The summed E-state index contributed by atoms with van der Waals surface area (Å²) in [6.07, 6.45) is 1.01. The number of rotatable bonds is 2. The minimum absolute atomic E-state index is 0.0631. The zero-order valence-electron chi connectivity index (χ0n) is 9.51. The van der Waals surface area contributed by atoms with E-state index in [0.29, 0.717) is 12.5 Å². The lowest BCUT2D eigenvalue weighted by molar-refractivity contribution is -0.155. The van der Waals surface area contributed by atoms with Crippen LogP contribution in [0.3, 0.4) is 0 Å². The number of carbonyl (C=O) groups is 2. The highest BCUT2D eigenvalue weighted by molar-refractivity contribution is 5.85. The summed E-state index contributed by atoms with van der Waals surface area (Å²) < 4.78 is 10.4. The summed E-state index contributed by atoms with van der Waals surface area (Å²) in [7, 11) is 0. The van der Waals surface area contributed by atoms with E-state index in [9.17, 15) is 9.59 Å². The molecule has 6 atom stereocenters. The summed E-state index contributed by atoms with van der Waals surface area (Å²) in [6.45, 7) is 4.26. The van der Waals surface area contributed by atoms with Crippen LogP contribution in [0.1, 0.15) is 20.3 Å². The highest BCUT2D eigenvalue weighted by Gasteiger charge is 2.67. The maximum absolute atomic E-state index is 11.9. The van der Waals surface area contributed by atoms with Crippen LogP contribution in [0.5, 0.6) is 0 Å². The van der Waals surface area contributed by atoms with Crippen molar-refractivity contribution in [3.8, 4) is 0 Å². The van der Waals surface area contributed by atoms with Gasteiger partial charge >= 0.3 is 11.9 Å². The van der Waals surface area contributed by atoms with Gasteiger partial charge in [0.15, 0.2) is 0 Å². The first kappa shape index (κ1) is 10.1. The molecule has 0 spiro atoms. The predicted octanol–water partition coefficient (Wildman–Crippen LogP) is 0.993. The Hall–Kier alpha value is -1.06. The van der Waals surface area contributed by atoms with Crippen molar-refractivity contribution in [3.05, 3.63) is 0 Å². The van der Waals surface area contributed by atoms with Crippen LogP contribution >= 0.6 is 0 Å². The van der Waals surface area contributed by atoms with Gasteiger partial charge in [0, 0.05) is 5.92 Å². The lowest BCUT2D eigenvalue weighted by Gasteiger charge is -2.27. The van der Waals surface area contributed by atoms with Crippen molar-refractivity contribution in [2.75, 3.05) is 6.61 Å². The standard InChI is InChI=1S/C12H16O4/c1-3-15-11(13)8-6-4-7-9(8)12(14)16-10(7)5(6)2/h5-10H,3-4H2,1-2H3/t5-,6?,7?,8?,9?,10?/m1/s1. The lowest BCUT2D eigenvalue weighted by Crippen LogP contribution is -2.37. The topological polar surface area (TPSA) is 52.6 Å². The molecule has 0 radical (unpaired) electrons. The minimum Gasteiger partial charge on any atom is -0.466 e. The molecule has 3 rings (SSSR count). The van der Waals surface area contributed by atoms with Gasteiger partial charge in [-0.2, -0.15) is 0 Å². The van der Waals surface area contributed by atoms with Crippen molar-refractivity contribution in [2.24, 2.45) is 29.6 Å². The van der Waals surface area contributed by atoms with Gasteiger partial charge in [0.05, 0.1) is 18.4 Å². The molecule has 5 unspecified atom stereocenters. The van der Waals surface area contributed by atoms with E-state index < -0.39 is 0 Å². The summed E-state index contributed by atoms with van der Waals surface area (Å²) in [6, 6.07) is 0. The SMILES string of the molecule is CCOC(=O)C1C2C(=O)OC3C2CC1[C@H]3C. The Bertz CT molecular complexity index is 351. The second kappa shape index (κ2) is 3.22. The summed E-state index contributed by atoms with van der Waals surface area (Å²) >= 11 is 0. The third-order valence-electron chi connectivity index (χ3n) is 4.55. The summed E-state index contributed by atoms with van der Waals surface area (Å²) in [5.74, 6) is 0.00927. The predicted molar refractivity (Wildman–Crippen MR) is 54.3 cm³/mol. The van der Waals surface area contributed by atoms with Crippen molar-refractivity contribution in [2.45, 2.75) is 26.4 Å². The summed E-state index contributed by atoms with van der Waals surface area (Å²) in [5.41, 5.74) is 0. The minimum atomic E-state index is -0.244. The number of fused-ring (bicyclic) bond motifs is 1. The van der Waals surface area contributed by atoms with Crippen molar-refractivity contribution in [1.82, 2.24) is 0 Å². The lowest BCUT2D eigenvalue weighted by atomic mass is 9.75. The number of carbonyl (C=O) groups excluding carboxylic acids is 2. The van der Waals surface area contributed by atoms with Crippen LogP contribution < -0.4 is 0 Å². The third-order valence-corrected chi connectivity index (χ3v) is 4.55. The Kier molecular flexibility index (Phi) is 2.03. The molecule has 0 aromatic heterocycles. The van der Waals surface area contributed by atoms with Crippen molar-refractivity contribution < 1.29 is 19.1 Å². The average Bonchev–Trinajstić information content (AvgIpc) is 2.82. The molecule has 2 bridgehead atoms. The van der Waals surface area contributed by atoms with Crippen LogP contribution in [-0.2, 0) is 19.1 Å². The normalized spacial score (nSPS) is 48.2. The molecule has 3 fully saturated rings. The molecule has 2 aliphatic carbocycles. The fourth-order valence-corrected chi connectivity index (χ4v) is 3.94. The molecule has 4 nitrogen and oxygen atoms in total. The van der Waals surface area contributed by atoms with Gasteiger partial charge < -0.3 is 9.47 Å². The molecule has 0 aromatic carbocycles. The second-order valence-corrected chi connectivity index (χ2v) is 5.13. The van der Waals surface area contributed by atoms with Gasteiger partial charge in [0.1, 0.15) is 6.10 Å². The third kappa shape index (κ3) is 1.05. The van der Waals surface area contributed by atoms with E-state index in [2.05, 4.69) is 6.92 Å². The maximum Gasteiger partial charge on any atom is 0.310 e. The van der Waals surface area contributed by atoms with Crippen LogP contribution in [0.15, 0.2) is 0 Å².